The van der Waals surface area contributed by atoms with Gasteiger partial charge in [0.25, 0.3) is 11.8 Å². The van der Waals surface area contributed by atoms with Crippen molar-refractivity contribution in [3.63, 3.8) is 0 Å². The van der Waals surface area contributed by atoms with Crippen molar-refractivity contribution in [2.24, 2.45) is 5.92 Å². The average molecular weight is 383 g/mol. The summed E-state index contributed by atoms with van der Waals surface area (Å²) in [7, 11) is 0. The molecule has 0 radical (unpaired) electrons. The van der Waals surface area contributed by atoms with Gasteiger partial charge in [-0.15, -0.1) is 0 Å². The first kappa shape index (κ1) is 19.9. The third kappa shape index (κ3) is 4.68. The zero-order valence-corrected chi connectivity index (χ0v) is 16.3. The zero-order chi connectivity index (χ0) is 20.1. The van der Waals surface area contributed by atoms with Crippen LogP contribution in [0.15, 0.2) is 48.5 Å². The summed E-state index contributed by atoms with van der Waals surface area (Å²) >= 11 is 0. The van der Waals surface area contributed by atoms with E-state index in [2.05, 4.69) is 5.32 Å². The topological polar surface area (TPSA) is 52.7 Å². The fourth-order valence-corrected chi connectivity index (χ4v) is 3.23. The molecule has 0 aliphatic carbocycles. The Morgan fingerprint density at radius 1 is 1.00 bits per heavy atom. The quantitative estimate of drug-likeness (QED) is 0.863. The Kier molecular flexibility index (Phi) is 6.29. The molecule has 1 heterocycles. The van der Waals surface area contributed by atoms with Crippen LogP contribution in [0.3, 0.4) is 0 Å². The van der Waals surface area contributed by atoms with Gasteiger partial charge in [0, 0.05) is 43.9 Å². The number of amides is 2. The minimum Gasteiger partial charge on any atom is -0.366 e. The first-order valence-electron chi connectivity index (χ1n) is 9.62. The van der Waals surface area contributed by atoms with Crippen LogP contribution in [0, 0.1) is 11.7 Å². The van der Waals surface area contributed by atoms with E-state index in [0.717, 1.165) is 0 Å². The van der Waals surface area contributed by atoms with Crippen LogP contribution in [0.2, 0.25) is 0 Å². The predicted octanol–water partition coefficient (Wildman–Crippen LogP) is 3.17. The van der Waals surface area contributed by atoms with E-state index >= 15 is 0 Å². The Hall–Kier alpha value is -2.89. The molecular weight excluding hydrogens is 357 g/mol. The molecule has 1 fully saturated rings. The fraction of sp³-hybridized carbons (Fsp3) is 0.364. The first-order chi connectivity index (χ1) is 13.5. The van der Waals surface area contributed by atoms with Gasteiger partial charge in [-0.3, -0.25) is 9.59 Å². The van der Waals surface area contributed by atoms with Crippen LogP contribution in [0.25, 0.3) is 0 Å². The lowest BCUT2D eigenvalue weighted by Gasteiger charge is -2.36. The molecule has 148 valence electrons. The van der Waals surface area contributed by atoms with Gasteiger partial charge in [0.15, 0.2) is 0 Å². The van der Waals surface area contributed by atoms with E-state index in [-0.39, 0.29) is 17.6 Å². The van der Waals surface area contributed by atoms with Crippen molar-refractivity contribution in [2.45, 2.75) is 13.8 Å². The first-order valence-corrected chi connectivity index (χ1v) is 9.62. The minimum atomic E-state index is -0.248. The standard InChI is InChI=1S/C22H26FN3O2/c1-16(2)15-24-21(27)17-6-5-7-18(14-17)22(28)26-12-10-25(11-13-26)20-9-4-3-8-19(20)23/h3-9,14,16H,10-13,15H2,1-2H3,(H,24,27). The van der Waals surface area contributed by atoms with E-state index in [9.17, 15) is 14.0 Å². The summed E-state index contributed by atoms with van der Waals surface area (Å²) in [6.45, 7) is 6.81. The van der Waals surface area contributed by atoms with Crippen molar-refractivity contribution in [1.82, 2.24) is 10.2 Å². The number of carbonyl (C=O) groups excluding carboxylic acids is 2. The van der Waals surface area contributed by atoms with Gasteiger partial charge in [0.2, 0.25) is 0 Å². The average Bonchev–Trinajstić information content (AvgIpc) is 2.72. The molecule has 0 aromatic heterocycles. The van der Waals surface area contributed by atoms with E-state index in [1.54, 1.807) is 41.3 Å². The summed E-state index contributed by atoms with van der Waals surface area (Å²) in [5.74, 6) is -0.165. The number of anilines is 1. The molecule has 2 aromatic rings. The lowest BCUT2D eigenvalue weighted by Crippen LogP contribution is -2.49. The molecule has 1 saturated heterocycles. The second-order valence-electron chi connectivity index (χ2n) is 7.42. The molecule has 2 amide bonds. The molecular formula is C22H26FN3O2. The molecule has 28 heavy (non-hydrogen) atoms. The molecule has 5 nitrogen and oxygen atoms in total. The maximum atomic E-state index is 14.0. The number of para-hydroxylation sites is 1. The van der Waals surface area contributed by atoms with Gasteiger partial charge in [-0.1, -0.05) is 32.0 Å². The van der Waals surface area contributed by atoms with E-state index in [1.807, 2.05) is 24.8 Å². The largest absolute Gasteiger partial charge is 0.366 e. The summed E-state index contributed by atoms with van der Waals surface area (Å²) in [5, 5.41) is 2.87. The minimum absolute atomic E-state index is 0.105. The maximum absolute atomic E-state index is 14.0. The van der Waals surface area contributed by atoms with Crippen molar-refractivity contribution < 1.29 is 14.0 Å². The number of hydrogen-bond acceptors (Lipinski definition) is 3. The number of hydrogen-bond donors (Lipinski definition) is 1. The van der Waals surface area contributed by atoms with Gasteiger partial charge in [0.05, 0.1) is 5.69 Å². The second-order valence-corrected chi connectivity index (χ2v) is 7.42. The maximum Gasteiger partial charge on any atom is 0.253 e. The molecule has 0 saturated carbocycles. The summed E-state index contributed by atoms with van der Waals surface area (Å²) in [5.41, 5.74) is 1.55. The van der Waals surface area contributed by atoms with Crippen molar-refractivity contribution >= 4 is 17.5 Å². The summed E-state index contributed by atoms with van der Waals surface area (Å²) < 4.78 is 14.0. The van der Waals surface area contributed by atoms with Crippen LogP contribution >= 0.6 is 0 Å². The monoisotopic (exact) mass is 383 g/mol. The number of carbonyl (C=O) groups is 2. The van der Waals surface area contributed by atoms with E-state index in [0.29, 0.717) is 55.5 Å². The number of rotatable bonds is 5. The molecule has 0 unspecified atom stereocenters. The van der Waals surface area contributed by atoms with Crippen molar-refractivity contribution in [1.29, 1.82) is 0 Å². The van der Waals surface area contributed by atoms with E-state index in [1.165, 1.54) is 6.07 Å². The van der Waals surface area contributed by atoms with Crippen molar-refractivity contribution in [3.8, 4) is 0 Å². The zero-order valence-electron chi connectivity index (χ0n) is 16.3. The van der Waals surface area contributed by atoms with Gasteiger partial charge in [-0.05, 0) is 36.2 Å². The smallest absolute Gasteiger partial charge is 0.253 e. The van der Waals surface area contributed by atoms with Gasteiger partial charge in [0.1, 0.15) is 5.82 Å². The highest BCUT2D eigenvalue weighted by molar-refractivity contribution is 5.99. The normalized spacial score (nSPS) is 14.3. The molecule has 6 heteroatoms. The highest BCUT2D eigenvalue weighted by Crippen LogP contribution is 2.21. The van der Waals surface area contributed by atoms with Crippen LogP contribution in [0.5, 0.6) is 0 Å². The SMILES string of the molecule is CC(C)CNC(=O)c1cccc(C(=O)N2CCN(c3ccccc3F)CC2)c1. The molecule has 0 atom stereocenters. The van der Waals surface area contributed by atoms with E-state index < -0.39 is 0 Å². The Morgan fingerprint density at radius 2 is 1.68 bits per heavy atom. The van der Waals surface area contributed by atoms with Crippen LogP contribution < -0.4 is 10.2 Å². The fourth-order valence-electron chi connectivity index (χ4n) is 3.23. The molecule has 0 bridgehead atoms. The third-order valence-corrected chi connectivity index (χ3v) is 4.80. The van der Waals surface area contributed by atoms with Gasteiger partial charge < -0.3 is 15.1 Å². The van der Waals surface area contributed by atoms with Gasteiger partial charge in [-0.2, -0.15) is 0 Å². The van der Waals surface area contributed by atoms with Crippen LogP contribution in [0.1, 0.15) is 34.6 Å². The molecule has 1 aliphatic rings. The molecule has 0 spiro atoms. The van der Waals surface area contributed by atoms with Crippen LogP contribution in [-0.4, -0.2) is 49.4 Å². The summed E-state index contributed by atoms with van der Waals surface area (Å²) in [6.07, 6.45) is 0. The number of nitrogens with zero attached hydrogens (tertiary/aromatic N) is 2. The highest BCUT2D eigenvalue weighted by atomic mass is 19.1. The lowest BCUT2D eigenvalue weighted by atomic mass is 10.1. The van der Waals surface area contributed by atoms with Gasteiger partial charge >= 0.3 is 0 Å². The van der Waals surface area contributed by atoms with E-state index in [4.69, 9.17) is 0 Å². The number of benzene rings is 2. The Bertz CT molecular complexity index is 845. The highest BCUT2D eigenvalue weighted by Gasteiger charge is 2.24. The van der Waals surface area contributed by atoms with Crippen LogP contribution in [-0.2, 0) is 0 Å². The second kappa shape index (κ2) is 8.87. The molecule has 3 rings (SSSR count). The molecule has 1 aliphatic heterocycles. The number of nitrogens with one attached hydrogen (secondary N) is 1. The Labute approximate surface area is 165 Å². The molecule has 1 N–H and O–H groups in total. The molecule has 2 aromatic carbocycles. The van der Waals surface area contributed by atoms with Crippen LogP contribution in [0.4, 0.5) is 10.1 Å². The Morgan fingerprint density at radius 3 is 2.36 bits per heavy atom. The summed E-state index contributed by atoms with van der Waals surface area (Å²) in [6, 6.07) is 13.5. The summed E-state index contributed by atoms with van der Waals surface area (Å²) in [4.78, 5) is 28.8. The van der Waals surface area contributed by atoms with Gasteiger partial charge in [-0.25, -0.2) is 4.39 Å². The lowest BCUT2D eigenvalue weighted by molar-refractivity contribution is 0.0746. The van der Waals surface area contributed by atoms with Crippen molar-refractivity contribution in [3.05, 3.63) is 65.5 Å². The van der Waals surface area contributed by atoms with Crippen molar-refractivity contribution in [2.75, 3.05) is 37.6 Å². The Balaban J connectivity index is 1.63. The predicted molar refractivity (Wildman–Crippen MR) is 108 cm³/mol. The third-order valence-electron chi connectivity index (χ3n) is 4.80. The number of halogens is 1. The number of piperazine rings is 1.